The lowest BCUT2D eigenvalue weighted by Gasteiger charge is -2.32. The molecule has 10 heteroatoms. The van der Waals surface area contributed by atoms with Gasteiger partial charge in [0.05, 0.1) is 10.6 Å². The molecule has 7 nitrogen and oxygen atoms in total. The van der Waals surface area contributed by atoms with Gasteiger partial charge >= 0.3 is 0 Å². The zero-order chi connectivity index (χ0) is 27.9. The number of amides is 2. The highest BCUT2D eigenvalue weighted by atomic mass is 35.5. The summed E-state index contributed by atoms with van der Waals surface area (Å²) in [6, 6.07) is 18.8. The van der Waals surface area contributed by atoms with Gasteiger partial charge in [0.15, 0.2) is 0 Å². The minimum atomic E-state index is -4.20. The number of carbonyl (C=O) groups is 2. The number of nitrogens with zero attached hydrogens (tertiary/aromatic N) is 2. The fourth-order valence-corrected chi connectivity index (χ4v) is 5.34. The van der Waals surface area contributed by atoms with E-state index >= 15 is 0 Å². The molecule has 0 saturated heterocycles. The predicted octanol–water partition coefficient (Wildman–Crippen LogP) is 4.86. The molecule has 0 spiro atoms. The molecule has 0 radical (unpaired) electrons. The predicted molar refractivity (Wildman–Crippen MR) is 147 cm³/mol. The summed E-state index contributed by atoms with van der Waals surface area (Å²) in [5.41, 5.74) is 0.377. The Hall–Kier alpha value is -3.43. The molecule has 3 aromatic carbocycles. The molecular weight excluding hydrogens is 529 g/mol. The van der Waals surface area contributed by atoms with Crippen molar-refractivity contribution in [3.63, 3.8) is 0 Å². The Morgan fingerprint density at radius 1 is 0.947 bits per heavy atom. The van der Waals surface area contributed by atoms with Gasteiger partial charge in [-0.1, -0.05) is 67.9 Å². The van der Waals surface area contributed by atoms with Crippen LogP contribution in [0, 0.1) is 11.7 Å². The fraction of sp³-hybridized carbons (Fsp3) is 0.286. The van der Waals surface area contributed by atoms with Crippen LogP contribution in [0.3, 0.4) is 0 Å². The van der Waals surface area contributed by atoms with Gasteiger partial charge < -0.3 is 10.2 Å². The van der Waals surface area contributed by atoms with Crippen LogP contribution in [-0.2, 0) is 26.2 Å². The molecule has 3 rings (SSSR count). The Kier molecular flexibility index (Phi) is 9.88. The summed E-state index contributed by atoms with van der Waals surface area (Å²) in [6.45, 7) is 4.94. The highest BCUT2D eigenvalue weighted by molar-refractivity contribution is 7.92. The Balaban J connectivity index is 2.01. The number of sulfonamides is 1. The van der Waals surface area contributed by atoms with E-state index in [-0.39, 0.29) is 33.6 Å². The second-order valence-corrected chi connectivity index (χ2v) is 11.5. The number of nitrogens with one attached hydrogen (secondary N) is 1. The van der Waals surface area contributed by atoms with Crippen LogP contribution in [0.25, 0.3) is 0 Å². The second kappa shape index (κ2) is 12.9. The summed E-state index contributed by atoms with van der Waals surface area (Å²) in [7, 11) is -4.20. The van der Waals surface area contributed by atoms with Crippen molar-refractivity contribution in [2.45, 2.75) is 38.3 Å². The average molecular weight is 560 g/mol. The largest absolute Gasteiger partial charge is 0.354 e. The number of anilines is 1. The van der Waals surface area contributed by atoms with Gasteiger partial charge in [0.1, 0.15) is 18.4 Å². The molecule has 1 N–H and O–H groups in total. The zero-order valence-corrected chi connectivity index (χ0v) is 23.0. The van der Waals surface area contributed by atoms with Gasteiger partial charge in [0, 0.05) is 23.7 Å². The van der Waals surface area contributed by atoms with Gasteiger partial charge in [-0.05, 0) is 49.2 Å². The monoisotopic (exact) mass is 559 g/mol. The van der Waals surface area contributed by atoms with Crippen LogP contribution in [0.4, 0.5) is 10.1 Å². The van der Waals surface area contributed by atoms with Crippen molar-refractivity contribution in [3.8, 4) is 0 Å². The number of hydrogen-bond donors (Lipinski definition) is 1. The third kappa shape index (κ3) is 7.33. The molecule has 0 fully saturated rings. The van der Waals surface area contributed by atoms with Crippen LogP contribution in [0.5, 0.6) is 0 Å². The van der Waals surface area contributed by atoms with Crippen LogP contribution in [-0.4, -0.2) is 44.3 Å². The minimum absolute atomic E-state index is 0.0174. The van der Waals surface area contributed by atoms with Crippen molar-refractivity contribution in [1.29, 1.82) is 0 Å². The number of hydrogen-bond acceptors (Lipinski definition) is 4. The molecular formula is C28H31ClFN3O4S. The third-order valence-electron chi connectivity index (χ3n) is 5.86. The molecule has 1 atom stereocenters. The lowest BCUT2D eigenvalue weighted by molar-refractivity contribution is -0.139. The maximum absolute atomic E-state index is 14.6. The second-order valence-electron chi connectivity index (χ2n) is 9.23. The Morgan fingerprint density at radius 2 is 1.61 bits per heavy atom. The molecule has 0 aliphatic heterocycles. The topological polar surface area (TPSA) is 86.8 Å². The van der Waals surface area contributed by atoms with Crippen LogP contribution >= 0.6 is 11.6 Å². The van der Waals surface area contributed by atoms with Gasteiger partial charge in [-0.15, -0.1) is 0 Å². The van der Waals surface area contributed by atoms with Gasteiger partial charge in [-0.25, -0.2) is 12.8 Å². The van der Waals surface area contributed by atoms with E-state index in [2.05, 4.69) is 5.32 Å². The maximum Gasteiger partial charge on any atom is 0.264 e. The Bertz CT molecular complexity index is 1370. The molecule has 0 saturated carbocycles. The molecule has 0 aromatic heterocycles. The molecule has 0 heterocycles. The van der Waals surface area contributed by atoms with Gasteiger partial charge in [-0.3, -0.25) is 13.9 Å². The van der Waals surface area contributed by atoms with E-state index in [0.29, 0.717) is 6.54 Å². The van der Waals surface area contributed by atoms with Crippen LogP contribution in [0.15, 0.2) is 83.8 Å². The van der Waals surface area contributed by atoms with Crippen LogP contribution < -0.4 is 9.62 Å². The number of benzene rings is 3. The summed E-state index contributed by atoms with van der Waals surface area (Å²) in [5, 5.41) is 3.08. The zero-order valence-electron chi connectivity index (χ0n) is 21.5. The average Bonchev–Trinajstić information content (AvgIpc) is 2.89. The number of halogens is 2. The molecule has 3 aromatic rings. The first kappa shape index (κ1) is 29.1. The summed E-state index contributed by atoms with van der Waals surface area (Å²) in [5.74, 6) is -1.47. The van der Waals surface area contributed by atoms with E-state index in [0.717, 1.165) is 4.31 Å². The van der Waals surface area contributed by atoms with E-state index < -0.39 is 40.2 Å². The van der Waals surface area contributed by atoms with E-state index in [1.807, 2.05) is 13.8 Å². The van der Waals surface area contributed by atoms with E-state index in [4.69, 9.17) is 11.6 Å². The van der Waals surface area contributed by atoms with Gasteiger partial charge in [-0.2, -0.15) is 0 Å². The van der Waals surface area contributed by atoms with Crippen molar-refractivity contribution in [2.24, 2.45) is 5.92 Å². The first-order valence-electron chi connectivity index (χ1n) is 12.1. The smallest absolute Gasteiger partial charge is 0.264 e. The minimum Gasteiger partial charge on any atom is -0.354 e. The maximum atomic E-state index is 14.6. The van der Waals surface area contributed by atoms with E-state index in [1.165, 1.54) is 54.3 Å². The molecule has 0 bridgehead atoms. The SMILES string of the molecule is CC(C)CNC(=O)C(C)N(Cc1ccccc1F)C(=O)CN(c1cccc(Cl)c1)S(=O)(=O)c1ccccc1. The first-order chi connectivity index (χ1) is 18.0. The van der Waals surface area contributed by atoms with Crippen molar-refractivity contribution in [1.82, 2.24) is 10.2 Å². The summed E-state index contributed by atoms with van der Waals surface area (Å²) in [4.78, 5) is 27.9. The molecule has 202 valence electrons. The van der Waals surface area contributed by atoms with Crippen molar-refractivity contribution in [2.75, 3.05) is 17.4 Å². The van der Waals surface area contributed by atoms with Crippen molar-refractivity contribution in [3.05, 3.63) is 95.3 Å². The first-order valence-corrected chi connectivity index (χ1v) is 14.0. The lowest BCUT2D eigenvalue weighted by atomic mass is 10.1. The van der Waals surface area contributed by atoms with Crippen molar-refractivity contribution < 1.29 is 22.4 Å². The molecule has 0 aliphatic carbocycles. The lowest BCUT2D eigenvalue weighted by Crippen LogP contribution is -2.51. The normalized spacial score (nSPS) is 12.2. The van der Waals surface area contributed by atoms with E-state index in [1.54, 1.807) is 36.4 Å². The van der Waals surface area contributed by atoms with Gasteiger partial charge in [0.2, 0.25) is 11.8 Å². The van der Waals surface area contributed by atoms with Crippen molar-refractivity contribution >= 4 is 39.1 Å². The Morgan fingerprint density at radius 3 is 2.24 bits per heavy atom. The summed E-state index contributed by atoms with van der Waals surface area (Å²) < 4.78 is 42.8. The molecule has 38 heavy (non-hydrogen) atoms. The highest BCUT2D eigenvalue weighted by Crippen LogP contribution is 2.27. The summed E-state index contributed by atoms with van der Waals surface area (Å²) in [6.07, 6.45) is 0. The fourth-order valence-electron chi connectivity index (χ4n) is 3.72. The molecule has 0 aliphatic rings. The van der Waals surface area contributed by atoms with Crippen LogP contribution in [0.2, 0.25) is 5.02 Å². The highest BCUT2D eigenvalue weighted by Gasteiger charge is 2.33. The van der Waals surface area contributed by atoms with Gasteiger partial charge in [0.25, 0.3) is 10.0 Å². The van der Waals surface area contributed by atoms with Crippen LogP contribution in [0.1, 0.15) is 26.3 Å². The number of carbonyl (C=O) groups excluding carboxylic acids is 2. The number of rotatable bonds is 11. The molecule has 2 amide bonds. The summed E-state index contributed by atoms with van der Waals surface area (Å²) >= 11 is 6.15. The molecule has 1 unspecified atom stereocenters. The standard InChI is InChI=1S/C28H31ClFN3O4S/c1-20(2)17-31-28(35)21(3)32(18-22-10-7-8-15-26(22)30)27(34)19-33(24-12-9-11-23(29)16-24)38(36,37)25-13-5-4-6-14-25/h4-16,20-21H,17-19H2,1-3H3,(H,31,35). The van der Waals surface area contributed by atoms with E-state index in [9.17, 15) is 22.4 Å². The quantitative estimate of drug-likeness (QED) is 0.363. The third-order valence-corrected chi connectivity index (χ3v) is 7.88. The Labute approximate surface area is 228 Å².